The number of nitrogens with two attached hydrogens (primary N) is 1. The molecule has 1 aliphatic heterocycles. The largest absolute Gasteiger partial charge is 0.490 e. The lowest BCUT2D eigenvalue weighted by Gasteiger charge is -2.27. The summed E-state index contributed by atoms with van der Waals surface area (Å²) in [6.07, 6.45) is 1.45. The number of phosphoric acid groups is 3. The van der Waals surface area contributed by atoms with Crippen LogP contribution in [0, 0.1) is 17.1 Å². The third-order valence-corrected chi connectivity index (χ3v) is 7.74. The van der Waals surface area contributed by atoms with E-state index in [1.165, 1.54) is 12.3 Å². The van der Waals surface area contributed by atoms with Crippen molar-refractivity contribution in [1.82, 2.24) is 9.55 Å². The molecule has 0 bridgehead atoms. The number of ether oxygens (including phenoxy) is 1. The summed E-state index contributed by atoms with van der Waals surface area (Å²) in [5.74, 6) is 1.98. The van der Waals surface area contributed by atoms with Gasteiger partial charge in [0, 0.05) is 6.20 Å². The molecule has 0 aliphatic carbocycles. The summed E-state index contributed by atoms with van der Waals surface area (Å²) >= 11 is 4.98. The van der Waals surface area contributed by atoms with Crippen molar-refractivity contribution in [3.8, 4) is 12.3 Å². The molecule has 0 amide bonds. The van der Waals surface area contributed by atoms with Crippen LogP contribution in [0.3, 0.4) is 0 Å². The zero-order valence-corrected chi connectivity index (χ0v) is 18.4. The molecule has 2 rings (SSSR count). The van der Waals surface area contributed by atoms with Crippen LogP contribution < -0.4 is 5.73 Å². The van der Waals surface area contributed by atoms with Gasteiger partial charge in [-0.15, -0.1) is 6.42 Å². The molecule has 0 aromatic carbocycles. The number of nitrogens with zero attached hydrogens (tertiary/aromatic N) is 2. The molecule has 20 heteroatoms. The quantitative estimate of drug-likeness (QED) is 0.125. The Bertz CT molecular complexity index is 1080. The van der Waals surface area contributed by atoms with Gasteiger partial charge in [-0.1, -0.05) is 5.92 Å². The van der Waals surface area contributed by atoms with Gasteiger partial charge in [0.15, 0.2) is 11.8 Å². The number of aromatic nitrogens is 2. The summed E-state index contributed by atoms with van der Waals surface area (Å²) in [6.45, 7) is -1.20. The smallest absolute Gasteiger partial charge is 0.386 e. The molecule has 0 radical (unpaired) electrons. The summed E-state index contributed by atoms with van der Waals surface area (Å²) < 4.78 is 51.8. The molecule has 0 spiro atoms. The highest BCUT2D eigenvalue weighted by atomic mass is 32.1. The summed E-state index contributed by atoms with van der Waals surface area (Å²) in [5, 5.41) is 20.6. The first kappa shape index (κ1) is 26.2. The maximum Gasteiger partial charge on any atom is 0.490 e. The van der Waals surface area contributed by atoms with E-state index >= 15 is 0 Å². The highest BCUT2D eigenvalue weighted by Crippen LogP contribution is 2.66. The molecule has 1 aromatic rings. The Kier molecular flexibility index (Phi) is 7.66. The van der Waals surface area contributed by atoms with Crippen molar-refractivity contribution in [2.45, 2.75) is 24.0 Å². The maximum atomic E-state index is 11.9. The van der Waals surface area contributed by atoms with Crippen molar-refractivity contribution in [2.75, 3.05) is 12.3 Å². The lowest BCUT2D eigenvalue weighted by atomic mass is 9.97. The van der Waals surface area contributed by atoms with Crippen LogP contribution in [-0.4, -0.2) is 63.8 Å². The molecule has 1 fully saturated rings. The van der Waals surface area contributed by atoms with E-state index in [0.717, 1.165) is 4.57 Å². The van der Waals surface area contributed by atoms with Crippen molar-refractivity contribution in [3.63, 3.8) is 0 Å². The van der Waals surface area contributed by atoms with Crippen molar-refractivity contribution in [3.05, 3.63) is 17.0 Å². The average Bonchev–Trinajstić information content (AvgIpc) is 2.82. The average molecular weight is 523 g/mol. The fraction of sp³-hybridized carbons (Fsp3) is 0.455. The molecule has 1 aliphatic rings. The normalized spacial score (nSPS) is 30.3. The molecule has 8 N–H and O–H groups in total. The minimum atomic E-state index is -5.77. The van der Waals surface area contributed by atoms with E-state index < -0.39 is 54.1 Å². The monoisotopic (exact) mass is 523 g/mol. The second-order valence-corrected chi connectivity index (χ2v) is 10.7. The van der Waals surface area contributed by atoms with Crippen LogP contribution in [0.2, 0.25) is 0 Å². The van der Waals surface area contributed by atoms with Crippen LogP contribution in [-0.2, 0) is 31.6 Å². The second kappa shape index (κ2) is 9.06. The minimum Gasteiger partial charge on any atom is -0.386 e. The van der Waals surface area contributed by atoms with Crippen LogP contribution in [0.4, 0.5) is 5.82 Å². The van der Waals surface area contributed by atoms with Gasteiger partial charge in [-0.3, -0.25) is 9.09 Å². The Morgan fingerprint density at radius 2 is 1.87 bits per heavy atom. The molecular weight excluding hydrogens is 507 g/mol. The minimum absolute atomic E-state index is 0.0464. The third-order valence-electron chi connectivity index (χ3n) is 3.65. The molecule has 2 heterocycles. The molecule has 6 atom stereocenters. The summed E-state index contributed by atoms with van der Waals surface area (Å²) in [4.78, 5) is 39.5. The van der Waals surface area contributed by atoms with Crippen LogP contribution in [0.25, 0.3) is 0 Å². The van der Waals surface area contributed by atoms with E-state index in [4.69, 9.17) is 43.8 Å². The number of rotatable bonds is 8. The van der Waals surface area contributed by atoms with E-state index in [0.29, 0.717) is 0 Å². The van der Waals surface area contributed by atoms with Crippen LogP contribution >= 0.6 is 35.7 Å². The van der Waals surface area contributed by atoms with Gasteiger partial charge in [0.1, 0.15) is 24.6 Å². The van der Waals surface area contributed by atoms with E-state index in [1.807, 2.05) is 5.92 Å². The van der Waals surface area contributed by atoms with Crippen LogP contribution in [0.15, 0.2) is 12.3 Å². The van der Waals surface area contributed by atoms with Crippen LogP contribution in [0.1, 0.15) is 6.23 Å². The van der Waals surface area contributed by atoms with Gasteiger partial charge in [0.25, 0.3) is 0 Å². The molecule has 31 heavy (non-hydrogen) atoms. The van der Waals surface area contributed by atoms with E-state index in [1.54, 1.807) is 0 Å². The van der Waals surface area contributed by atoms with Crippen molar-refractivity contribution in [2.24, 2.45) is 0 Å². The zero-order chi connectivity index (χ0) is 23.8. The number of hydrogen-bond acceptors (Lipinski definition) is 12. The Hall–Kier alpha value is -1.05. The van der Waals surface area contributed by atoms with Gasteiger partial charge in [-0.2, -0.15) is 8.62 Å². The first-order chi connectivity index (χ1) is 14.0. The van der Waals surface area contributed by atoms with Crippen molar-refractivity contribution >= 4 is 41.5 Å². The Labute approximate surface area is 178 Å². The molecule has 1 aromatic heterocycles. The standard InChI is InChI=1S/C11H16N3O13P3S/c1-2-11(5-24-29(20,21)27-30(22,23)26-28(17,18)19)8(16)7(15)9(25-11)14-4-3-6(12)13-10(14)31/h1,3-4,7-9,15-16H,5H2,(H,20,21)(H,22,23)(H2,12,13,31)(H2,17,18,19)/t7?,8-,9-,11-/m1/s1. The molecule has 16 nitrogen and oxygen atoms in total. The highest BCUT2D eigenvalue weighted by Gasteiger charge is 2.56. The summed E-state index contributed by atoms with van der Waals surface area (Å²) in [7, 11) is -16.9. The van der Waals surface area contributed by atoms with E-state index in [9.17, 15) is 28.8 Å². The Morgan fingerprint density at radius 1 is 1.26 bits per heavy atom. The number of nitrogen functional groups attached to an aromatic ring is 1. The topological polar surface area (TPSA) is 253 Å². The molecule has 3 unspecified atom stereocenters. The summed E-state index contributed by atoms with van der Waals surface area (Å²) in [5.41, 5.74) is 3.18. The predicted molar refractivity (Wildman–Crippen MR) is 101 cm³/mol. The SMILES string of the molecule is C#C[C@]1(COP(=O)(O)OP(=O)(O)OP(=O)(O)O)O[C@@H](n2ccc(N)nc2=S)C(O)[C@H]1O. The van der Waals surface area contributed by atoms with Crippen molar-refractivity contribution in [1.29, 1.82) is 0 Å². The number of anilines is 1. The van der Waals surface area contributed by atoms with E-state index in [-0.39, 0.29) is 10.6 Å². The third kappa shape index (κ3) is 6.48. The maximum absolute atomic E-state index is 11.9. The van der Waals surface area contributed by atoms with Gasteiger partial charge in [-0.05, 0) is 18.3 Å². The number of aliphatic hydroxyl groups excluding tert-OH is 2. The zero-order valence-electron chi connectivity index (χ0n) is 14.9. The van der Waals surface area contributed by atoms with Gasteiger partial charge >= 0.3 is 23.5 Å². The Balaban J connectivity index is 2.21. The fourth-order valence-corrected chi connectivity index (χ4v) is 5.71. The molecule has 174 valence electrons. The molecular formula is C11H16N3O13P3S. The summed E-state index contributed by atoms with van der Waals surface area (Å²) in [6, 6.07) is 1.29. The van der Waals surface area contributed by atoms with Crippen molar-refractivity contribution < 1.29 is 61.4 Å². The molecule has 0 saturated carbocycles. The second-order valence-electron chi connectivity index (χ2n) is 5.88. The first-order valence-corrected chi connectivity index (χ1v) is 12.6. The van der Waals surface area contributed by atoms with Gasteiger partial charge in [0.05, 0.1) is 0 Å². The van der Waals surface area contributed by atoms with Crippen LogP contribution in [0.5, 0.6) is 0 Å². The first-order valence-electron chi connectivity index (χ1n) is 7.66. The number of terminal acetylenes is 1. The predicted octanol–water partition coefficient (Wildman–Crippen LogP) is -0.839. The van der Waals surface area contributed by atoms with Gasteiger partial charge in [0.2, 0.25) is 4.77 Å². The number of aliphatic hydroxyl groups is 2. The lowest BCUT2D eigenvalue weighted by Crippen LogP contribution is -2.45. The number of phosphoric ester groups is 1. The van der Waals surface area contributed by atoms with Gasteiger partial charge < -0.3 is 40.3 Å². The number of hydrogen-bond donors (Lipinski definition) is 7. The highest BCUT2D eigenvalue weighted by molar-refractivity contribution is 7.71. The Morgan fingerprint density at radius 3 is 2.39 bits per heavy atom. The molecule has 1 saturated heterocycles. The van der Waals surface area contributed by atoms with Gasteiger partial charge in [-0.25, -0.2) is 18.7 Å². The fourth-order valence-electron chi connectivity index (χ4n) is 2.39. The van der Waals surface area contributed by atoms with E-state index in [2.05, 4.69) is 18.1 Å². The lowest BCUT2D eigenvalue weighted by molar-refractivity contribution is -0.0914.